The predicted molar refractivity (Wildman–Crippen MR) is 150 cm³/mol. The molecule has 2 aromatic rings. The number of para-hydroxylation sites is 2. The molecule has 4 fully saturated rings. The summed E-state index contributed by atoms with van der Waals surface area (Å²) in [7, 11) is 0. The minimum Gasteiger partial charge on any atom is -0.355 e. The van der Waals surface area contributed by atoms with Crippen LogP contribution in [0, 0.1) is 16.7 Å². The molecule has 5 heterocycles. The Bertz CT molecular complexity index is 1240. The van der Waals surface area contributed by atoms with E-state index in [0.29, 0.717) is 5.92 Å². The number of ether oxygens (including phenoxy) is 1. The van der Waals surface area contributed by atoms with E-state index in [1.807, 2.05) is 27.7 Å². The number of amides is 1. The average Bonchev–Trinajstić information content (AvgIpc) is 3.57. The third kappa shape index (κ3) is 2.67. The molecule has 37 heavy (non-hydrogen) atoms. The van der Waals surface area contributed by atoms with Gasteiger partial charge in [0.1, 0.15) is 12.0 Å². The standard InChI is InChI=1S/C28H31N3O2.2C2H6/c1-26(2)13-20-30-18-11-7-6-10-16(18)22-24(30)23-21(17-14-29-25(32)27(17,22)3)15-9-5-8-12-19(15)31(23)28(26,4)33-20;2*1-2/h5-12,17,20-24H,13-14H2,1-4H3,(H,29,32);2*1-2H3. The molecule has 5 aliphatic heterocycles. The summed E-state index contributed by atoms with van der Waals surface area (Å²) in [4.78, 5) is 18.9. The van der Waals surface area contributed by atoms with Gasteiger partial charge >= 0.3 is 0 Å². The molecule has 5 heteroatoms. The van der Waals surface area contributed by atoms with Crippen LogP contribution >= 0.6 is 0 Å². The smallest absolute Gasteiger partial charge is 0.227 e. The fourth-order valence-corrected chi connectivity index (χ4v) is 8.98. The summed E-state index contributed by atoms with van der Waals surface area (Å²) < 4.78 is 7.12. The fraction of sp³-hybridized carbons (Fsp3) is 0.594. The van der Waals surface area contributed by atoms with Crippen molar-refractivity contribution in [3.8, 4) is 0 Å². The summed E-state index contributed by atoms with van der Waals surface area (Å²) in [6.45, 7) is 18.1. The van der Waals surface area contributed by atoms with Crippen LogP contribution in [0.4, 0.5) is 11.4 Å². The molecule has 198 valence electrons. The quantitative estimate of drug-likeness (QED) is 0.463. The van der Waals surface area contributed by atoms with Crippen LogP contribution in [0.2, 0.25) is 0 Å². The first-order chi connectivity index (χ1) is 17.8. The highest BCUT2D eigenvalue weighted by atomic mass is 16.6. The van der Waals surface area contributed by atoms with E-state index in [4.69, 9.17) is 4.74 Å². The number of hydrogen-bond donors (Lipinski definition) is 1. The van der Waals surface area contributed by atoms with Crippen LogP contribution in [0.1, 0.15) is 84.8 Å². The van der Waals surface area contributed by atoms with Crippen molar-refractivity contribution < 1.29 is 9.53 Å². The van der Waals surface area contributed by atoms with Crippen molar-refractivity contribution in [3.63, 3.8) is 0 Å². The summed E-state index contributed by atoms with van der Waals surface area (Å²) in [6.07, 6.45) is 0.993. The lowest BCUT2D eigenvalue weighted by Crippen LogP contribution is -2.67. The van der Waals surface area contributed by atoms with E-state index in [1.165, 1.54) is 22.5 Å². The van der Waals surface area contributed by atoms with Gasteiger partial charge in [0.15, 0.2) is 0 Å². The zero-order valence-electron chi connectivity index (χ0n) is 23.7. The molecule has 0 spiro atoms. The highest BCUT2D eigenvalue weighted by Gasteiger charge is 2.75. The molecule has 2 bridgehead atoms. The number of rotatable bonds is 0. The molecule has 8 rings (SSSR count). The maximum atomic E-state index is 13.6. The predicted octanol–water partition coefficient (Wildman–Crippen LogP) is 6.25. The third-order valence-electron chi connectivity index (χ3n) is 10.7. The minimum atomic E-state index is -0.431. The van der Waals surface area contributed by atoms with Gasteiger partial charge in [-0.25, -0.2) is 0 Å². The molecule has 0 radical (unpaired) electrons. The van der Waals surface area contributed by atoms with E-state index in [0.717, 1.165) is 13.0 Å². The van der Waals surface area contributed by atoms with Gasteiger partial charge in [0.2, 0.25) is 5.91 Å². The molecular formula is C32H43N3O2. The van der Waals surface area contributed by atoms with Crippen LogP contribution in [0.15, 0.2) is 48.5 Å². The van der Waals surface area contributed by atoms with Crippen molar-refractivity contribution in [2.45, 2.75) is 97.7 Å². The summed E-state index contributed by atoms with van der Waals surface area (Å²) in [5, 5.41) is 3.31. The number of carbonyl (C=O) groups excluding carboxylic acids is 1. The van der Waals surface area contributed by atoms with Gasteiger partial charge in [-0.05, 0) is 37.1 Å². The van der Waals surface area contributed by atoms with Gasteiger partial charge in [-0.3, -0.25) is 4.79 Å². The van der Waals surface area contributed by atoms with Crippen molar-refractivity contribution in [2.24, 2.45) is 16.7 Å². The van der Waals surface area contributed by atoms with E-state index < -0.39 is 11.1 Å². The number of carbonyl (C=O) groups is 1. The van der Waals surface area contributed by atoms with Gasteiger partial charge < -0.3 is 19.9 Å². The van der Waals surface area contributed by atoms with E-state index in [-0.39, 0.29) is 41.5 Å². The number of anilines is 2. The lowest BCUT2D eigenvalue weighted by Gasteiger charge is -2.56. The normalized spacial score (nSPS) is 40.2. The van der Waals surface area contributed by atoms with Crippen LogP contribution in [0.3, 0.4) is 0 Å². The Morgan fingerprint density at radius 3 is 2.19 bits per heavy atom. The molecule has 1 aliphatic carbocycles. The molecule has 6 aliphatic rings. The fourth-order valence-electron chi connectivity index (χ4n) is 8.98. The topological polar surface area (TPSA) is 44.8 Å². The molecule has 1 N–H and O–H groups in total. The number of nitrogens with zero attached hydrogens (tertiary/aromatic N) is 2. The molecule has 1 saturated carbocycles. The van der Waals surface area contributed by atoms with Crippen molar-refractivity contribution in [3.05, 3.63) is 59.7 Å². The van der Waals surface area contributed by atoms with Gasteiger partial charge in [0.25, 0.3) is 0 Å². The zero-order chi connectivity index (χ0) is 26.5. The first-order valence-corrected chi connectivity index (χ1v) is 14.5. The van der Waals surface area contributed by atoms with Gasteiger partial charge in [0, 0.05) is 47.5 Å². The highest BCUT2D eigenvalue weighted by molar-refractivity contribution is 5.89. The van der Waals surface area contributed by atoms with Crippen LogP contribution in [0.5, 0.6) is 0 Å². The zero-order valence-corrected chi connectivity index (χ0v) is 23.7. The third-order valence-corrected chi connectivity index (χ3v) is 10.7. The van der Waals surface area contributed by atoms with Gasteiger partial charge in [-0.1, -0.05) is 77.9 Å². The molecule has 8 unspecified atom stereocenters. The van der Waals surface area contributed by atoms with Crippen molar-refractivity contribution in [1.82, 2.24) is 5.32 Å². The lowest BCUT2D eigenvalue weighted by atomic mass is 9.53. The Balaban J connectivity index is 0.000000603. The highest BCUT2D eigenvalue weighted by Crippen LogP contribution is 2.71. The first kappa shape index (κ1) is 24.8. The monoisotopic (exact) mass is 501 g/mol. The Morgan fingerprint density at radius 2 is 1.49 bits per heavy atom. The van der Waals surface area contributed by atoms with Crippen molar-refractivity contribution >= 4 is 17.3 Å². The summed E-state index contributed by atoms with van der Waals surface area (Å²) in [6, 6.07) is 18.3. The molecule has 5 nitrogen and oxygen atoms in total. The van der Waals surface area contributed by atoms with Crippen LogP contribution in [0.25, 0.3) is 0 Å². The second kappa shape index (κ2) is 7.99. The Hall–Kier alpha value is -2.53. The Kier molecular flexibility index (Phi) is 5.35. The number of fused-ring (bicyclic) bond motifs is 13. The van der Waals surface area contributed by atoms with Crippen LogP contribution in [-0.4, -0.2) is 36.5 Å². The molecule has 2 aromatic carbocycles. The summed E-state index contributed by atoms with van der Waals surface area (Å²) >= 11 is 0. The molecule has 1 amide bonds. The Labute approximate surface area is 222 Å². The van der Waals surface area contributed by atoms with E-state index in [1.54, 1.807) is 0 Å². The minimum absolute atomic E-state index is 0.0117. The SMILES string of the molecule is CC.CC.CC12C(=O)NCC1C1c3ccccc3N3C1C1C2c2ccccc2N1C1CC(C)(C)C3(C)O1. The Morgan fingerprint density at radius 1 is 0.865 bits per heavy atom. The van der Waals surface area contributed by atoms with Gasteiger partial charge in [-0.2, -0.15) is 0 Å². The number of benzene rings is 2. The number of hydrogen-bond acceptors (Lipinski definition) is 4. The van der Waals surface area contributed by atoms with E-state index in [9.17, 15) is 4.79 Å². The molecule has 3 saturated heterocycles. The van der Waals surface area contributed by atoms with E-state index >= 15 is 0 Å². The first-order valence-electron chi connectivity index (χ1n) is 14.5. The second-order valence-corrected chi connectivity index (χ2v) is 12.1. The van der Waals surface area contributed by atoms with Crippen LogP contribution in [-0.2, 0) is 9.53 Å². The van der Waals surface area contributed by atoms with Gasteiger partial charge in [0.05, 0.1) is 17.5 Å². The maximum absolute atomic E-state index is 13.6. The molecule has 8 atom stereocenters. The summed E-state index contributed by atoms with van der Waals surface area (Å²) in [5.41, 5.74) is 4.47. The van der Waals surface area contributed by atoms with Crippen LogP contribution < -0.4 is 15.1 Å². The largest absolute Gasteiger partial charge is 0.355 e. The average molecular weight is 502 g/mol. The maximum Gasteiger partial charge on any atom is 0.227 e. The molecular weight excluding hydrogens is 458 g/mol. The molecule has 0 aromatic heterocycles. The van der Waals surface area contributed by atoms with Crippen molar-refractivity contribution in [2.75, 3.05) is 16.3 Å². The van der Waals surface area contributed by atoms with Gasteiger partial charge in [-0.15, -0.1) is 0 Å². The number of nitrogens with one attached hydrogen (secondary N) is 1. The van der Waals surface area contributed by atoms with Crippen molar-refractivity contribution in [1.29, 1.82) is 0 Å². The summed E-state index contributed by atoms with van der Waals surface area (Å²) in [5.74, 6) is 0.955. The van der Waals surface area contributed by atoms with E-state index in [2.05, 4.69) is 91.3 Å². The second-order valence-electron chi connectivity index (χ2n) is 12.1. The lowest BCUT2D eigenvalue weighted by molar-refractivity contribution is -0.131.